The molecule has 2 nitrogen and oxygen atoms in total. The van der Waals surface area contributed by atoms with Gasteiger partial charge >= 0.3 is 0 Å². The van der Waals surface area contributed by atoms with Crippen LogP contribution in [0.2, 0.25) is 0 Å². The molecule has 0 aliphatic rings. The lowest BCUT2D eigenvalue weighted by Crippen LogP contribution is -2.19. The molecule has 2 aromatic heterocycles. The molecule has 0 aliphatic heterocycles. The Balaban J connectivity index is 1.82. The Morgan fingerprint density at radius 1 is 1.00 bits per heavy atom. The molecule has 0 spiro atoms. The molecule has 166 valence electrons. The third-order valence-corrected chi connectivity index (χ3v) is 6.32. The summed E-state index contributed by atoms with van der Waals surface area (Å²) in [6.07, 6.45) is -0.558. The molecule has 0 aliphatic carbocycles. The number of benzene rings is 3. The predicted octanol–water partition coefficient (Wildman–Crippen LogP) is 8.48. The quantitative estimate of drug-likeness (QED) is 0.275. The van der Waals surface area contributed by atoms with E-state index in [1.807, 2.05) is 48.5 Å². The number of hydrogen-bond acceptors (Lipinski definition) is 2. The van der Waals surface area contributed by atoms with Gasteiger partial charge in [-0.2, -0.15) is 0 Å². The van der Waals surface area contributed by atoms with E-state index in [0.717, 1.165) is 21.9 Å². The Labute approximate surface area is 203 Å². The van der Waals surface area contributed by atoms with Gasteiger partial charge in [0.25, 0.3) is 0 Å². The van der Waals surface area contributed by atoms with Gasteiger partial charge in [-0.15, -0.1) is 0 Å². The highest BCUT2D eigenvalue weighted by atomic mass is 16.3. The van der Waals surface area contributed by atoms with Gasteiger partial charge in [0.15, 0.2) is 0 Å². The highest BCUT2D eigenvalue weighted by Crippen LogP contribution is 2.43. The molecule has 0 atom stereocenters. The summed E-state index contributed by atoms with van der Waals surface area (Å²) < 4.78 is 47.9. The first-order valence-electron chi connectivity index (χ1n) is 13.8. The zero-order chi connectivity index (χ0) is 27.5. The minimum Gasteiger partial charge on any atom is -0.455 e. The summed E-state index contributed by atoms with van der Waals surface area (Å²) in [7, 11) is 0. The van der Waals surface area contributed by atoms with Crippen molar-refractivity contribution < 1.29 is 11.3 Å². The van der Waals surface area contributed by atoms with Crippen LogP contribution in [0, 0.1) is 12.8 Å². The van der Waals surface area contributed by atoms with Gasteiger partial charge in [-0.3, -0.25) is 4.98 Å². The standard InChI is InChI=1S/C31H31NO/c1-20(2)17-22-18-27(32-19-21(22)3)24-15-16-26(31(4,5)23-11-7-6-8-12-23)29-25-13-9-10-14-28(25)33-30(24)29/h6-16,18-20H,17H2,1-5H3/i3D3,17D2. The van der Waals surface area contributed by atoms with Crippen molar-refractivity contribution in [2.75, 3.05) is 0 Å². The van der Waals surface area contributed by atoms with Crippen LogP contribution in [0.4, 0.5) is 0 Å². The number of nitrogens with zero attached hydrogens (tertiary/aromatic N) is 1. The first kappa shape index (κ1) is 16.3. The van der Waals surface area contributed by atoms with Gasteiger partial charge in [0, 0.05) is 34.8 Å². The molecule has 0 bridgehead atoms. The first-order valence-corrected chi connectivity index (χ1v) is 11.3. The Morgan fingerprint density at radius 3 is 2.52 bits per heavy atom. The van der Waals surface area contributed by atoms with Gasteiger partial charge in [0.05, 0.1) is 5.69 Å². The van der Waals surface area contributed by atoms with E-state index in [2.05, 4.69) is 37.0 Å². The van der Waals surface area contributed by atoms with Crippen molar-refractivity contribution in [3.8, 4) is 11.3 Å². The van der Waals surface area contributed by atoms with E-state index in [1.54, 1.807) is 19.9 Å². The number of para-hydroxylation sites is 1. The summed E-state index contributed by atoms with van der Waals surface area (Å²) >= 11 is 0. The summed E-state index contributed by atoms with van der Waals surface area (Å²) in [5.74, 6) is -0.431. The van der Waals surface area contributed by atoms with Gasteiger partial charge in [-0.05, 0) is 59.6 Å². The van der Waals surface area contributed by atoms with Gasteiger partial charge < -0.3 is 4.42 Å². The molecule has 0 unspecified atom stereocenters. The van der Waals surface area contributed by atoms with Crippen LogP contribution in [0.1, 0.15) is 56.8 Å². The maximum atomic E-state index is 8.73. The van der Waals surface area contributed by atoms with Gasteiger partial charge in [0.2, 0.25) is 0 Å². The zero-order valence-electron chi connectivity index (χ0n) is 24.4. The van der Waals surface area contributed by atoms with Crippen molar-refractivity contribution in [3.63, 3.8) is 0 Å². The number of furan rings is 1. The lowest BCUT2D eigenvalue weighted by atomic mass is 9.76. The number of aromatic nitrogens is 1. The highest BCUT2D eigenvalue weighted by molar-refractivity contribution is 6.11. The third kappa shape index (κ3) is 3.74. The Hall–Kier alpha value is -3.39. The molecule has 2 heteroatoms. The van der Waals surface area contributed by atoms with Crippen LogP contribution in [0.15, 0.2) is 83.4 Å². The van der Waals surface area contributed by atoms with Crippen LogP contribution in [0.5, 0.6) is 0 Å². The monoisotopic (exact) mass is 438 g/mol. The molecule has 33 heavy (non-hydrogen) atoms. The fourth-order valence-electron chi connectivity index (χ4n) is 4.59. The van der Waals surface area contributed by atoms with E-state index in [-0.39, 0.29) is 16.5 Å². The molecule has 2 heterocycles. The second-order valence-electron chi connectivity index (χ2n) is 9.37. The van der Waals surface area contributed by atoms with Gasteiger partial charge in [-0.25, -0.2) is 0 Å². The predicted molar refractivity (Wildman–Crippen MR) is 139 cm³/mol. The second-order valence-corrected chi connectivity index (χ2v) is 9.37. The van der Waals surface area contributed by atoms with Crippen molar-refractivity contribution in [3.05, 3.63) is 101 Å². The molecule has 0 fully saturated rings. The SMILES string of the molecule is [2H]C([2H])([2H])c1cnc(-c2ccc(C(C)(C)c3ccccc3)c3c2oc2ccccc23)cc1C([2H])([2H])C(C)C. The topological polar surface area (TPSA) is 26.0 Å². The maximum absolute atomic E-state index is 8.73. The Bertz CT molecular complexity index is 1630. The van der Waals surface area contributed by atoms with E-state index in [0.29, 0.717) is 16.8 Å². The second kappa shape index (κ2) is 8.19. The number of rotatable bonds is 5. The Kier molecular flexibility index (Phi) is 4.03. The van der Waals surface area contributed by atoms with Crippen LogP contribution < -0.4 is 0 Å². The highest BCUT2D eigenvalue weighted by Gasteiger charge is 2.28. The average Bonchev–Trinajstić information content (AvgIpc) is 3.27. The van der Waals surface area contributed by atoms with Crippen molar-refractivity contribution in [1.82, 2.24) is 4.98 Å². The normalized spacial score (nSPS) is 15.2. The molecule has 5 rings (SSSR count). The smallest absolute Gasteiger partial charge is 0.145 e. The Morgan fingerprint density at radius 2 is 1.76 bits per heavy atom. The van der Waals surface area contributed by atoms with Crippen LogP contribution >= 0.6 is 0 Å². The van der Waals surface area contributed by atoms with E-state index < -0.39 is 19.1 Å². The number of hydrogen-bond donors (Lipinski definition) is 0. The van der Waals surface area contributed by atoms with Crippen LogP contribution in [0.3, 0.4) is 0 Å². The minimum atomic E-state index is -2.48. The molecule has 3 aromatic carbocycles. The van der Waals surface area contributed by atoms with E-state index in [1.165, 1.54) is 11.8 Å². The summed E-state index contributed by atoms with van der Waals surface area (Å²) in [5.41, 5.74) is 4.58. The summed E-state index contributed by atoms with van der Waals surface area (Å²) in [5, 5.41) is 1.96. The minimum absolute atomic E-state index is 0.0670. The van der Waals surface area contributed by atoms with Crippen molar-refractivity contribution in [2.45, 2.75) is 46.3 Å². The van der Waals surface area contributed by atoms with Gasteiger partial charge in [-0.1, -0.05) is 82.3 Å². The molecule has 0 amide bonds. The molecule has 0 saturated carbocycles. The molecule has 0 N–H and O–H groups in total. The van der Waals surface area contributed by atoms with E-state index >= 15 is 0 Å². The average molecular weight is 439 g/mol. The number of pyridine rings is 1. The van der Waals surface area contributed by atoms with Crippen LogP contribution in [-0.4, -0.2) is 4.98 Å². The molecular formula is C31H31NO. The van der Waals surface area contributed by atoms with Crippen molar-refractivity contribution >= 4 is 21.9 Å². The van der Waals surface area contributed by atoms with E-state index in [4.69, 9.17) is 11.3 Å². The summed E-state index contributed by atoms with van der Waals surface area (Å²) in [4.78, 5) is 4.53. The zero-order valence-corrected chi connectivity index (χ0v) is 19.4. The van der Waals surface area contributed by atoms with Crippen LogP contribution in [-0.2, 0) is 11.8 Å². The lowest BCUT2D eigenvalue weighted by Gasteiger charge is -2.27. The summed E-state index contributed by atoms with van der Waals surface area (Å²) in [6, 6.07) is 23.9. The summed E-state index contributed by atoms with van der Waals surface area (Å²) in [6.45, 7) is 5.40. The molecule has 0 radical (unpaired) electrons. The van der Waals surface area contributed by atoms with Crippen molar-refractivity contribution in [2.24, 2.45) is 5.92 Å². The van der Waals surface area contributed by atoms with Crippen molar-refractivity contribution in [1.29, 1.82) is 0 Å². The van der Waals surface area contributed by atoms with Crippen LogP contribution in [0.25, 0.3) is 33.2 Å². The first-order chi connectivity index (χ1) is 17.8. The lowest BCUT2D eigenvalue weighted by molar-refractivity contribution is 0.642. The largest absolute Gasteiger partial charge is 0.455 e. The number of aryl methyl sites for hydroxylation is 1. The fourth-order valence-corrected chi connectivity index (χ4v) is 4.59. The molecule has 5 aromatic rings. The fraction of sp³-hybridized carbons (Fsp3) is 0.258. The molecular weight excluding hydrogens is 402 g/mol. The molecule has 0 saturated heterocycles. The maximum Gasteiger partial charge on any atom is 0.145 e. The number of fused-ring (bicyclic) bond motifs is 3. The van der Waals surface area contributed by atoms with Gasteiger partial charge in [0.1, 0.15) is 11.2 Å². The van der Waals surface area contributed by atoms with E-state index in [9.17, 15) is 0 Å². The third-order valence-electron chi connectivity index (χ3n) is 6.32.